The number of nitrogens with one attached hydrogen (secondary N) is 1. The maximum Gasteiger partial charge on any atom is 0.124 e. The van der Waals surface area contributed by atoms with Crippen molar-refractivity contribution in [2.45, 2.75) is 20.0 Å². The van der Waals surface area contributed by atoms with Crippen molar-refractivity contribution in [2.75, 3.05) is 14.2 Å². The van der Waals surface area contributed by atoms with Crippen LogP contribution in [0.15, 0.2) is 28.9 Å². The molecule has 1 aromatic carbocycles. The molecule has 102 valence electrons. The second kappa shape index (κ2) is 6.21. The van der Waals surface area contributed by atoms with Crippen molar-refractivity contribution in [3.63, 3.8) is 0 Å². The van der Waals surface area contributed by atoms with Crippen LogP contribution in [-0.4, -0.2) is 23.9 Å². The average molecular weight is 324 g/mol. The molecule has 2 aromatic rings. The molecule has 5 heteroatoms. The van der Waals surface area contributed by atoms with Gasteiger partial charge in [0, 0.05) is 27.8 Å². The molecule has 0 bridgehead atoms. The summed E-state index contributed by atoms with van der Waals surface area (Å²) in [5, 5.41) is 7.59. The van der Waals surface area contributed by atoms with Gasteiger partial charge < -0.3 is 10.1 Å². The fourth-order valence-corrected chi connectivity index (χ4v) is 2.45. The molecular weight excluding hydrogens is 306 g/mol. The molecule has 0 spiro atoms. The van der Waals surface area contributed by atoms with Crippen molar-refractivity contribution in [1.29, 1.82) is 0 Å². The first-order valence-electron chi connectivity index (χ1n) is 6.14. The van der Waals surface area contributed by atoms with E-state index in [1.807, 2.05) is 30.1 Å². The molecule has 0 saturated heterocycles. The number of hydrogen-bond donors (Lipinski definition) is 1. The lowest BCUT2D eigenvalue weighted by Crippen LogP contribution is -2.08. The molecule has 0 aliphatic carbocycles. The lowest BCUT2D eigenvalue weighted by molar-refractivity contribution is 0.407. The second-order valence-electron chi connectivity index (χ2n) is 4.40. The van der Waals surface area contributed by atoms with E-state index in [2.05, 4.69) is 39.3 Å². The Labute approximate surface area is 121 Å². The van der Waals surface area contributed by atoms with Crippen molar-refractivity contribution in [3.8, 4) is 5.75 Å². The van der Waals surface area contributed by atoms with Crippen molar-refractivity contribution in [1.82, 2.24) is 15.1 Å². The molecule has 1 N–H and O–H groups in total. The molecule has 19 heavy (non-hydrogen) atoms. The Hall–Kier alpha value is -1.33. The molecular formula is C14H18BrN3O. The van der Waals surface area contributed by atoms with E-state index in [-0.39, 0.29) is 0 Å². The molecule has 0 amide bonds. The van der Waals surface area contributed by atoms with Gasteiger partial charge in [-0.2, -0.15) is 5.10 Å². The predicted molar refractivity (Wildman–Crippen MR) is 79.5 cm³/mol. The molecule has 0 aliphatic heterocycles. The quantitative estimate of drug-likeness (QED) is 0.919. The monoisotopic (exact) mass is 323 g/mol. The highest BCUT2D eigenvalue weighted by Crippen LogP contribution is 2.24. The Morgan fingerprint density at radius 1 is 1.37 bits per heavy atom. The minimum absolute atomic E-state index is 0.707. The van der Waals surface area contributed by atoms with Gasteiger partial charge in [0.25, 0.3) is 0 Å². The Morgan fingerprint density at radius 3 is 2.84 bits per heavy atom. The number of hydrogen-bond acceptors (Lipinski definition) is 3. The number of methoxy groups -OCH3 is 1. The van der Waals surface area contributed by atoms with Gasteiger partial charge in [-0.25, -0.2) is 0 Å². The third-order valence-corrected chi connectivity index (χ3v) is 3.63. The van der Waals surface area contributed by atoms with Crippen LogP contribution in [0.2, 0.25) is 0 Å². The van der Waals surface area contributed by atoms with Crippen molar-refractivity contribution in [2.24, 2.45) is 0 Å². The van der Waals surface area contributed by atoms with Crippen LogP contribution in [0.3, 0.4) is 0 Å². The summed E-state index contributed by atoms with van der Waals surface area (Å²) >= 11 is 3.49. The molecule has 0 saturated carbocycles. The van der Waals surface area contributed by atoms with Crippen molar-refractivity contribution in [3.05, 3.63) is 45.7 Å². The Kier molecular flexibility index (Phi) is 4.61. The molecule has 0 atom stereocenters. The van der Waals surface area contributed by atoms with Gasteiger partial charge in [0.1, 0.15) is 5.75 Å². The van der Waals surface area contributed by atoms with Gasteiger partial charge in [0.05, 0.1) is 19.9 Å². The number of benzene rings is 1. The first-order valence-corrected chi connectivity index (χ1v) is 6.93. The summed E-state index contributed by atoms with van der Waals surface area (Å²) in [6, 6.07) is 6.01. The summed E-state index contributed by atoms with van der Waals surface area (Å²) < 4.78 is 8.43. The van der Waals surface area contributed by atoms with E-state index in [0.29, 0.717) is 6.54 Å². The van der Waals surface area contributed by atoms with E-state index in [0.717, 1.165) is 22.3 Å². The maximum atomic E-state index is 5.39. The van der Waals surface area contributed by atoms with Gasteiger partial charge >= 0.3 is 0 Å². The summed E-state index contributed by atoms with van der Waals surface area (Å²) in [7, 11) is 3.63. The number of halogens is 1. The van der Waals surface area contributed by atoms with Crippen LogP contribution >= 0.6 is 15.9 Å². The highest BCUT2D eigenvalue weighted by atomic mass is 79.9. The Morgan fingerprint density at radius 2 is 2.16 bits per heavy atom. The Bertz CT molecular complexity index is 566. The van der Waals surface area contributed by atoms with Gasteiger partial charge in [-0.1, -0.05) is 15.9 Å². The lowest BCUT2D eigenvalue weighted by Gasteiger charge is -2.11. The van der Waals surface area contributed by atoms with E-state index in [1.165, 1.54) is 11.3 Å². The predicted octanol–water partition coefficient (Wildman–Crippen LogP) is 2.73. The first kappa shape index (κ1) is 14.1. The number of rotatable bonds is 5. The molecule has 1 heterocycles. The van der Waals surface area contributed by atoms with Gasteiger partial charge in [-0.15, -0.1) is 0 Å². The largest absolute Gasteiger partial charge is 0.496 e. The fraction of sp³-hybridized carbons (Fsp3) is 0.357. The zero-order valence-electron chi connectivity index (χ0n) is 11.4. The van der Waals surface area contributed by atoms with Gasteiger partial charge in [-0.3, -0.25) is 4.68 Å². The van der Waals surface area contributed by atoms with E-state index < -0.39 is 0 Å². The summed E-state index contributed by atoms with van der Waals surface area (Å²) in [5.41, 5.74) is 3.51. The zero-order chi connectivity index (χ0) is 13.8. The standard InChI is InChI=1S/C14H18BrN3O/c1-10-12(7-16-2)8-17-18(10)9-11-6-13(15)4-5-14(11)19-3/h4-6,8,16H,7,9H2,1-3H3. The first-order chi connectivity index (χ1) is 9.15. The van der Waals surface area contributed by atoms with Crippen LogP contribution in [0.5, 0.6) is 5.75 Å². The molecule has 0 unspecified atom stereocenters. The third-order valence-electron chi connectivity index (χ3n) is 3.13. The highest BCUT2D eigenvalue weighted by molar-refractivity contribution is 9.10. The van der Waals surface area contributed by atoms with E-state index in [9.17, 15) is 0 Å². The summed E-state index contributed by atoms with van der Waals surface area (Å²) in [6.07, 6.45) is 1.91. The number of ether oxygens (including phenoxy) is 1. The third kappa shape index (κ3) is 3.16. The van der Waals surface area contributed by atoms with Crippen LogP contribution in [0.25, 0.3) is 0 Å². The molecule has 0 radical (unpaired) electrons. The topological polar surface area (TPSA) is 39.1 Å². The van der Waals surface area contributed by atoms with Crippen LogP contribution in [0.4, 0.5) is 0 Å². The van der Waals surface area contributed by atoms with Gasteiger partial charge in [-0.05, 0) is 32.2 Å². The average Bonchev–Trinajstić information content (AvgIpc) is 2.73. The lowest BCUT2D eigenvalue weighted by atomic mass is 10.2. The molecule has 0 fully saturated rings. The minimum atomic E-state index is 0.707. The minimum Gasteiger partial charge on any atom is -0.496 e. The SMILES string of the molecule is CNCc1cnn(Cc2cc(Br)ccc2OC)c1C. The zero-order valence-corrected chi connectivity index (χ0v) is 13.0. The Balaban J connectivity index is 2.28. The summed E-state index contributed by atoms with van der Waals surface area (Å²) in [4.78, 5) is 0. The molecule has 0 aliphatic rings. The number of aromatic nitrogens is 2. The highest BCUT2D eigenvalue weighted by Gasteiger charge is 2.09. The van der Waals surface area contributed by atoms with Crippen molar-refractivity contribution < 1.29 is 4.74 Å². The van der Waals surface area contributed by atoms with Crippen LogP contribution < -0.4 is 10.1 Å². The second-order valence-corrected chi connectivity index (χ2v) is 5.32. The molecule has 2 rings (SSSR count). The van der Waals surface area contributed by atoms with Crippen LogP contribution in [0.1, 0.15) is 16.8 Å². The molecule has 1 aromatic heterocycles. The van der Waals surface area contributed by atoms with Gasteiger partial charge in [0.2, 0.25) is 0 Å². The summed E-state index contributed by atoms with van der Waals surface area (Å²) in [5.74, 6) is 0.883. The molecule has 4 nitrogen and oxygen atoms in total. The van der Waals surface area contributed by atoms with Gasteiger partial charge in [0.15, 0.2) is 0 Å². The number of nitrogens with zero attached hydrogens (tertiary/aromatic N) is 2. The van der Waals surface area contributed by atoms with E-state index in [4.69, 9.17) is 4.74 Å². The van der Waals surface area contributed by atoms with Crippen molar-refractivity contribution >= 4 is 15.9 Å². The van der Waals surface area contributed by atoms with Crippen LogP contribution in [0, 0.1) is 6.92 Å². The maximum absolute atomic E-state index is 5.39. The van der Waals surface area contributed by atoms with E-state index >= 15 is 0 Å². The fourth-order valence-electron chi connectivity index (χ4n) is 2.04. The smallest absolute Gasteiger partial charge is 0.124 e. The normalized spacial score (nSPS) is 10.7. The van der Waals surface area contributed by atoms with E-state index in [1.54, 1.807) is 7.11 Å². The summed E-state index contributed by atoms with van der Waals surface area (Å²) in [6.45, 7) is 3.63. The van der Waals surface area contributed by atoms with Crippen LogP contribution in [-0.2, 0) is 13.1 Å².